The van der Waals surface area contributed by atoms with Gasteiger partial charge in [-0.3, -0.25) is 9.52 Å². The number of anilines is 1. The predicted molar refractivity (Wildman–Crippen MR) is 105 cm³/mol. The Kier molecular flexibility index (Phi) is 5.46. The summed E-state index contributed by atoms with van der Waals surface area (Å²) in [4.78, 5) is 16.8. The second-order valence-corrected chi connectivity index (χ2v) is 8.16. The van der Waals surface area contributed by atoms with E-state index in [0.717, 1.165) is 17.4 Å². The molecule has 2 N–H and O–H groups in total. The first-order valence-corrected chi connectivity index (χ1v) is 10.4. The zero-order chi connectivity index (χ0) is 20.3. The van der Waals surface area contributed by atoms with E-state index in [0.29, 0.717) is 22.6 Å². The molecule has 3 rings (SSSR count). The lowest BCUT2D eigenvalue weighted by Crippen LogP contribution is -2.24. The van der Waals surface area contributed by atoms with Crippen molar-refractivity contribution in [2.45, 2.75) is 20.4 Å². The van der Waals surface area contributed by atoms with Crippen LogP contribution in [0.3, 0.4) is 0 Å². The van der Waals surface area contributed by atoms with Gasteiger partial charge in [-0.1, -0.05) is 41.1 Å². The van der Waals surface area contributed by atoms with Gasteiger partial charge >= 0.3 is 0 Å². The summed E-state index contributed by atoms with van der Waals surface area (Å²) in [7, 11) is -3.44. The SMILES string of the molecule is Cc1ccc(-c2noc(CNC(=O)c3cccc(NS(C)(=O)=O)c3C)n2)cc1. The molecule has 0 saturated heterocycles. The normalized spacial score (nSPS) is 11.2. The van der Waals surface area contributed by atoms with Gasteiger partial charge in [-0.2, -0.15) is 4.98 Å². The molecule has 0 bridgehead atoms. The molecule has 1 aromatic heterocycles. The molecule has 0 aliphatic carbocycles. The lowest BCUT2D eigenvalue weighted by Gasteiger charge is -2.11. The van der Waals surface area contributed by atoms with Gasteiger partial charge in [0.2, 0.25) is 21.7 Å². The van der Waals surface area contributed by atoms with Crippen molar-refractivity contribution in [1.29, 1.82) is 0 Å². The Hall–Kier alpha value is -3.20. The first-order chi connectivity index (χ1) is 13.2. The largest absolute Gasteiger partial charge is 0.343 e. The monoisotopic (exact) mass is 400 g/mol. The second kappa shape index (κ2) is 7.81. The number of hydrogen-bond donors (Lipinski definition) is 2. The maximum Gasteiger partial charge on any atom is 0.252 e. The van der Waals surface area contributed by atoms with Crippen LogP contribution >= 0.6 is 0 Å². The highest BCUT2D eigenvalue weighted by Gasteiger charge is 2.15. The van der Waals surface area contributed by atoms with Crippen LogP contribution in [0.15, 0.2) is 47.0 Å². The summed E-state index contributed by atoms with van der Waals surface area (Å²) >= 11 is 0. The van der Waals surface area contributed by atoms with Crippen molar-refractivity contribution in [1.82, 2.24) is 15.5 Å². The topological polar surface area (TPSA) is 114 Å². The molecule has 0 spiro atoms. The maximum absolute atomic E-state index is 12.5. The lowest BCUT2D eigenvalue weighted by atomic mass is 10.1. The third kappa shape index (κ3) is 4.74. The van der Waals surface area contributed by atoms with E-state index in [1.165, 1.54) is 0 Å². The maximum atomic E-state index is 12.5. The number of nitrogens with one attached hydrogen (secondary N) is 2. The quantitative estimate of drug-likeness (QED) is 0.657. The highest BCUT2D eigenvalue weighted by atomic mass is 32.2. The lowest BCUT2D eigenvalue weighted by molar-refractivity contribution is 0.0945. The van der Waals surface area contributed by atoms with Crippen molar-refractivity contribution >= 4 is 21.6 Å². The molecule has 0 radical (unpaired) electrons. The minimum atomic E-state index is -3.44. The average molecular weight is 400 g/mol. The molecule has 146 valence electrons. The smallest absolute Gasteiger partial charge is 0.252 e. The van der Waals surface area contributed by atoms with Crippen molar-refractivity contribution < 1.29 is 17.7 Å². The Labute approximate surface area is 163 Å². The van der Waals surface area contributed by atoms with Gasteiger partial charge in [0.15, 0.2) is 0 Å². The molecule has 3 aromatic rings. The summed E-state index contributed by atoms with van der Waals surface area (Å²) < 4.78 is 30.5. The summed E-state index contributed by atoms with van der Waals surface area (Å²) in [5.74, 6) is 0.344. The number of benzene rings is 2. The molecular weight excluding hydrogens is 380 g/mol. The molecule has 0 atom stereocenters. The van der Waals surface area contributed by atoms with Gasteiger partial charge in [0, 0.05) is 11.1 Å². The van der Waals surface area contributed by atoms with Gasteiger partial charge in [0.1, 0.15) is 0 Å². The fourth-order valence-corrected chi connectivity index (χ4v) is 3.21. The van der Waals surface area contributed by atoms with Crippen LogP contribution < -0.4 is 10.0 Å². The molecule has 0 aliphatic heterocycles. The molecule has 0 unspecified atom stereocenters. The molecular formula is C19H20N4O4S. The van der Waals surface area contributed by atoms with Gasteiger partial charge in [0.05, 0.1) is 18.5 Å². The van der Waals surface area contributed by atoms with Crippen molar-refractivity contribution in [3.05, 3.63) is 65.0 Å². The number of nitrogens with zero attached hydrogens (tertiary/aromatic N) is 2. The van der Waals surface area contributed by atoms with E-state index in [9.17, 15) is 13.2 Å². The van der Waals surface area contributed by atoms with Crippen LogP contribution in [0.5, 0.6) is 0 Å². The molecule has 28 heavy (non-hydrogen) atoms. The van der Waals surface area contributed by atoms with Crippen LogP contribution in [0.2, 0.25) is 0 Å². The third-order valence-corrected chi connectivity index (χ3v) is 4.64. The molecule has 1 heterocycles. The number of carbonyl (C=O) groups excluding carboxylic acids is 1. The van der Waals surface area contributed by atoms with Crippen LogP contribution in [-0.2, 0) is 16.6 Å². The first kappa shape index (κ1) is 19.6. The number of aryl methyl sites for hydroxylation is 1. The highest BCUT2D eigenvalue weighted by Crippen LogP contribution is 2.20. The fraction of sp³-hybridized carbons (Fsp3) is 0.211. The Morgan fingerprint density at radius 1 is 1.11 bits per heavy atom. The standard InChI is InChI=1S/C19H20N4O4S/c1-12-7-9-14(10-8-12)18-21-17(27-22-18)11-20-19(24)15-5-4-6-16(13(15)2)23-28(3,25)26/h4-10,23H,11H2,1-3H3,(H,20,24). The van der Waals surface area contributed by atoms with Gasteiger partial charge in [-0.25, -0.2) is 8.42 Å². The summed E-state index contributed by atoms with van der Waals surface area (Å²) in [5.41, 5.74) is 3.18. The minimum absolute atomic E-state index is 0.0564. The summed E-state index contributed by atoms with van der Waals surface area (Å²) in [6.07, 6.45) is 1.06. The molecule has 2 aromatic carbocycles. The van der Waals surface area contributed by atoms with Gasteiger partial charge in [-0.05, 0) is 31.5 Å². The summed E-state index contributed by atoms with van der Waals surface area (Å²) in [6.45, 7) is 3.72. The Morgan fingerprint density at radius 2 is 1.82 bits per heavy atom. The average Bonchev–Trinajstić information content (AvgIpc) is 3.10. The van der Waals surface area contributed by atoms with E-state index in [2.05, 4.69) is 20.2 Å². The van der Waals surface area contributed by atoms with Crippen molar-refractivity contribution in [3.63, 3.8) is 0 Å². The number of amides is 1. The highest BCUT2D eigenvalue weighted by molar-refractivity contribution is 7.92. The minimum Gasteiger partial charge on any atom is -0.343 e. The predicted octanol–water partition coefficient (Wildman–Crippen LogP) is 2.65. The summed E-state index contributed by atoms with van der Waals surface area (Å²) in [5, 5.41) is 6.63. The molecule has 0 aliphatic rings. The number of hydrogen-bond acceptors (Lipinski definition) is 6. The third-order valence-electron chi connectivity index (χ3n) is 4.05. The van der Waals surface area contributed by atoms with Crippen molar-refractivity contribution in [2.24, 2.45) is 0 Å². The second-order valence-electron chi connectivity index (χ2n) is 6.41. The van der Waals surface area contributed by atoms with Crippen LogP contribution in [0, 0.1) is 13.8 Å². The van der Waals surface area contributed by atoms with E-state index in [-0.39, 0.29) is 18.3 Å². The van der Waals surface area contributed by atoms with Crippen LogP contribution in [0.1, 0.15) is 27.4 Å². The molecule has 8 nitrogen and oxygen atoms in total. The molecule has 0 fully saturated rings. The van der Waals surface area contributed by atoms with E-state index in [1.807, 2.05) is 31.2 Å². The van der Waals surface area contributed by atoms with Crippen LogP contribution in [-0.4, -0.2) is 30.7 Å². The van der Waals surface area contributed by atoms with Crippen molar-refractivity contribution in [2.75, 3.05) is 11.0 Å². The van der Waals surface area contributed by atoms with Gasteiger partial charge in [-0.15, -0.1) is 0 Å². The Balaban J connectivity index is 1.69. The number of rotatable bonds is 6. The van der Waals surface area contributed by atoms with Crippen LogP contribution in [0.4, 0.5) is 5.69 Å². The van der Waals surface area contributed by atoms with Gasteiger partial charge in [0.25, 0.3) is 5.91 Å². The fourth-order valence-electron chi connectivity index (χ4n) is 2.59. The zero-order valence-electron chi connectivity index (χ0n) is 15.7. The Morgan fingerprint density at radius 3 is 2.50 bits per heavy atom. The number of aromatic nitrogens is 2. The van der Waals surface area contributed by atoms with E-state index >= 15 is 0 Å². The van der Waals surface area contributed by atoms with E-state index in [4.69, 9.17) is 4.52 Å². The molecule has 1 amide bonds. The zero-order valence-corrected chi connectivity index (χ0v) is 16.5. The van der Waals surface area contributed by atoms with Gasteiger partial charge < -0.3 is 9.84 Å². The molecule has 0 saturated carbocycles. The van der Waals surface area contributed by atoms with Crippen LogP contribution in [0.25, 0.3) is 11.4 Å². The van der Waals surface area contributed by atoms with Crippen molar-refractivity contribution in [3.8, 4) is 11.4 Å². The van der Waals surface area contributed by atoms with E-state index < -0.39 is 10.0 Å². The summed E-state index contributed by atoms with van der Waals surface area (Å²) in [6, 6.07) is 12.5. The number of carbonyl (C=O) groups is 1. The molecule has 9 heteroatoms. The van der Waals surface area contributed by atoms with E-state index in [1.54, 1.807) is 25.1 Å². The Bertz CT molecular complexity index is 1110. The first-order valence-electron chi connectivity index (χ1n) is 8.48. The number of sulfonamides is 1.